The van der Waals surface area contributed by atoms with E-state index in [4.69, 9.17) is 9.47 Å². The highest BCUT2D eigenvalue weighted by Crippen LogP contribution is 2.45. The molecule has 1 N–H and O–H groups in total. The molecule has 1 fully saturated rings. The summed E-state index contributed by atoms with van der Waals surface area (Å²) in [6, 6.07) is 17.6. The fraction of sp³-hybridized carbons (Fsp3) is 0.226. The summed E-state index contributed by atoms with van der Waals surface area (Å²) in [6.45, 7) is 4.26. The highest BCUT2D eigenvalue weighted by Gasteiger charge is 2.48. The third kappa shape index (κ3) is 5.37. The number of fused-ring (bicyclic) bond motifs is 1. The van der Waals surface area contributed by atoms with Crippen LogP contribution in [-0.2, 0) is 21.8 Å². The lowest BCUT2D eigenvalue weighted by Crippen LogP contribution is -2.29. The Morgan fingerprint density at radius 1 is 1.14 bits per heavy atom. The third-order valence-electron chi connectivity index (χ3n) is 6.98. The zero-order valence-corrected chi connectivity index (χ0v) is 24.4. The Morgan fingerprint density at radius 2 is 1.95 bits per heavy atom. The topological polar surface area (TPSA) is 102 Å². The second-order valence-corrected chi connectivity index (χ2v) is 12.1. The Morgan fingerprint density at radius 3 is 2.74 bits per heavy atom. The minimum atomic E-state index is -0.961. The molecule has 3 heterocycles. The third-order valence-corrected chi connectivity index (χ3v) is 9.10. The van der Waals surface area contributed by atoms with Crippen molar-refractivity contribution in [2.45, 2.75) is 42.5 Å². The van der Waals surface area contributed by atoms with Crippen molar-refractivity contribution in [3.05, 3.63) is 100 Å². The maximum Gasteiger partial charge on any atom is 0.301 e. The summed E-state index contributed by atoms with van der Waals surface area (Å²) in [5.41, 5.74) is 2.78. The molecule has 2 atom stereocenters. The SMILES string of the molecule is CCOc1cccc([C@H]2/C(=C(\O)c3ccc4c(c3)C[C@H](C)O4)C(=O)C(=O)N2c2nnc(SCc3ccc(F)cc3)s2)c1. The Kier molecular flexibility index (Phi) is 7.70. The quantitative estimate of drug-likeness (QED) is 0.0821. The highest BCUT2D eigenvalue weighted by molar-refractivity contribution is 8.00. The fourth-order valence-corrected chi connectivity index (χ4v) is 6.92. The molecule has 4 aromatic rings. The number of aliphatic hydroxyl groups excluding tert-OH is 1. The molecule has 1 amide bonds. The Hall–Kier alpha value is -4.22. The Balaban J connectivity index is 1.39. The summed E-state index contributed by atoms with van der Waals surface area (Å²) >= 11 is 2.55. The molecule has 1 aromatic heterocycles. The molecule has 214 valence electrons. The van der Waals surface area contributed by atoms with E-state index in [2.05, 4.69) is 10.2 Å². The molecule has 42 heavy (non-hydrogen) atoms. The number of rotatable bonds is 8. The fourth-order valence-electron chi connectivity index (χ4n) is 5.10. The summed E-state index contributed by atoms with van der Waals surface area (Å²) in [7, 11) is 0. The monoisotopic (exact) mass is 603 g/mol. The zero-order chi connectivity index (χ0) is 29.4. The molecule has 6 rings (SSSR count). The van der Waals surface area contributed by atoms with Crippen molar-refractivity contribution in [1.29, 1.82) is 0 Å². The van der Waals surface area contributed by atoms with Crippen molar-refractivity contribution >= 4 is 45.7 Å². The van der Waals surface area contributed by atoms with Crippen molar-refractivity contribution in [3.63, 3.8) is 0 Å². The Labute approximate surface area is 249 Å². The van der Waals surface area contributed by atoms with Crippen LogP contribution in [0.3, 0.4) is 0 Å². The molecule has 0 radical (unpaired) electrons. The van der Waals surface area contributed by atoms with Crippen molar-refractivity contribution in [2.24, 2.45) is 0 Å². The van der Waals surface area contributed by atoms with Crippen molar-refractivity contribution in [3.8, 4) is 11.5 Å². The van der Waals surface area contributed by atoms with Gasteiger partial charge in [0.05, 0.1) is 18.2 Å². The van der Waals surface area contributed by atoms with E-state index < -0.39 is 17.7 Å². The highest BCUT2D eigenvalue weighted by atomic mass is 32.2. The van der Waals surface area contributed by atoms with Gasteiger partial charge in [-0.05, 0) is 73.0 Å². The number of carbonyl (C=O) groups is 2. The Bertz CT molecular complexity index is 1700. The van der Waals surface area contributed by atoms with Crippen molar-refractivity contribution in [1.82, 2.24) is 10.2 Å². The maximum absolute atomic E-state index is 13.6. The standard InChI is InChI=1S/C31H26FN3O5S2/c1-3-39-23-6-4-5-19(15-23)26-25(27(36)20-9-12-24-21(14-20)13-17(2)40-24)28(37)29(38)35(26)30-33-34-31(42-30)41-16-18-7-10-22(32)11-8-18/h4-12,14-15,17,26,36H,3,13,16H2,1-2H3/b27-25+/t17-,26-/m0/s1. The van der Waals surface area contributed by atoms with Gasteiger partial charge >= 0.3 is 5.91 Å². The lowest BCUT2D eigenvalue weighted by molar-refractivity contribution is -0.132. The average Bonchev–Trinajstić information content (AvgIpc) is 3.67. The number of benzene rings is 3. The van der Waals surface area contributed by atoms with E-state index in [1.165, 1.54) is 28.8 Å². The normalized spacial score (nSPS) is 19.2. The predicted octanol–water partition coefficient (Wildman–Crippen LogP) is 6.32. The maximum atomic E-state index is 13.6. The minimum absolute atomic E-state index is 0.0109. The first kappa shape index (κ1) is 27.9. The van der Waals surface area contributed by atoms with Gasteiger partial charge in [-0.15, -0.1) is 10.2 Å². The van der Waals surface area contributed by atoms with Crippen molar-refractivity contribution < 1.29 is 28.6 Å². The second-order valence-electron chi connectivity index (χ2n) is 9.90. The van der Waals surface area contributed by atoms with Crippen LogP contribution in [0, 0.1) is 5.82 Å². The number of Topliss-reactive ketones (excluding diaryl/α,β-unsaturated/α-hetero) is 1. The molecule has 3 aromatic carbocycles. The molecule has 8 nitrogen and oxygen atoms in total. The predicted molar refractivity (Wildman–Crippen MR) is 158 cm³/mol. The first-order valence-corrected chi connectivity index (χ1v) is 15.2. The molecule has 2 aliphatic rings. The molecule has 0 bridgehead atoms. The van der Waals surface area contributed by atoms with Crippen LogP contribution in [0.2, 0.25) is 0 Å². The average molecular weight is 604 g/mol. The van der Waals surface area contributed by atoms with Gasteiger partial charge in [0.25, 0.3) is 5.78 Å². The number of anilines is 1. The smallest absolute Gasteiger partial charge is 0.301 e. The van der Waals surface area contributed by atoms with E-state index in [9.17, 15) is 19.1 Å². The van der Waals surface area contributed by atoms with Crippen LogP contribution in [0.15, 0.2) is 76.6 Å². The lowest BCUT2D eigenvalue weighted by Gasteiger charge is -2.23. The van der Waals surface area contributed by atoms with Crippen molar-refractivity contribution in [2.75, 3.05) is 11.5 Å². The molecule has 0 aliphatic carbocycles. The van der Waals surface area contributed by atoms with Gasteiger partial charge in [0, 0.05) is 17.7 Å². The minimum Gasteiger partial charge on any atom is -0.507 e. The summed E-state index contributed by atoms with van der Waals surface area (Å²) in [6.07, 6.45) is 0.685. The van der Waals surface area contributed by atoms with Gasteiger partial charge in [0.2, 0.25) is 5.13 Å². The van der Waals surface area contributed by atoms with Gasteiger partial charge < -0.3 is 14.6 Å². The lowest BCUT2D eigenvalue weighted by atomic mass is 9.94. The first-order chi connectivity index (χ1) is 20.3. The van der Waals surface area contributed by atoms with Crippen LogP contribution < -0.4 is 14.4 Å². The van der Waals surface area contributed by atoms with Crippen LogP contribution in [0.25, 0.3) is 5.76 Å². The van der Waals surface area contributed by atoms with Gasteiger partial charge in [-0.25, -0.2) is 4.39 Å². The number of thioether (sulfide) groups is 1. The molecule has 11 heteroatoms. The molecule has 2 aliphatic heterocycles. The van der Waals surface area contributed by atoms with Gasteiger partial charge in [-0.3, -0.25) is 14.5 Å². The number of aliphatic hydroxyl groups is 1. The number of nitrogens with zero attached hydrogens (tertiary/aromatic N) is 3. The molecule has 0 unspecified atom stereocenters. The second kappa shape index (κ2) is 11.6. The summed E-state index contributed by atoms with van der Waals surface area (Å²) in [5.74, 6) is -0.396. The largest absolute Gasteiger partial charge is 0.507 e. The number of ether oxygens (including phenoxy) is 2. The van der Waals surface area contributed by atoms with Gasteiger partial charge in [0.1, 0.15) is 29.2 Å². The summed E-state index contributed by atoms with van der Waals surface area (Å²) in [4.78, 5) is 28.4. The van der Waals surface area contributed by atoms with E-state index in [1.807, 2.05) is 13.8 Å². The first-order valence-electron chi connectivity index (χ1n) is 13.4. The number of hydrogen-bond acceptors (Lipinski definition) is 9. The van der Waals surface area contributed by atoms with E-state index in [-0.39, 0.29) is 28.4 Å². The van der Waals surface area contributed by atoms with Crippen LogP contribution >= 0.6 is 23.1 Å². The number of carbonyl (C=O) groups excluding carboxylic acids is 2. The number of halogens is 1. The molecule has 1 saturated heterocycles. The molecule has 0 spiro atoms. The van der Waals surface area contributed by atoms with Crippen LogP contribution in [0.1, 0.15) is 42.1 Å². The number of hydrogen-bond donors (Lipinski definition) is 1. The molecule has 0 saturated carbocycles. The number of ketones is 1. The van der Waals surface area contributed by atoms with Gasteiger partial charge in [-0.2, -0.15) is 0 Å². The van der Waals surface area contributed by atoms with Crippen LogP contribution in [0.5, 0.6) is 11.5 Å². The summed E-state index contributed by atoms with van der Waals surface area (Å²) in [5, 5.41) is 20.3. The van der Waals surface area contributed by atoms with E-state index in [0.717, 1.165) is 28.2 Å². The summed E-state index contributed by atoms with van der Waals surface area (Å²) < 4.78 is 25.3. The van der Waals surface area contributed by atoms with E-state index in [0.29, 0.717) is 40.0 Å². The van der Waals surface area contributed by atoms with Gasteiger partial charge in [-0.1, -0.05) is 47.4 Å². The number of aromatic nitrogens is 2. The van der Waals surface area contributed by atoms with Crippen LogP contribution in [0.4, 0.5) is 9.52 Å². The van der Waals surface area contributed by atoms with E-state index >= 15 is 0 Å². The van der Waals surface area contributed by atoms with E-state index in [1.54, 1.807) is 54.6 Å². The van der Waals surface area contributed by atoms with Crippen LogP contribution in [-0.4, -0.2) is 39.7 Å². The zero-order valence-electron chi connectivity index (χ0n) is 22.7. The van der Waals surface area contributed by atoms with Gasteiger partial charge in [0.15, 0.2) is 4.34 Å². The number of amides is 1. The molecular weight excluding hydrogens is 577 g/mol. The molecular formula is C31H26FN3O5S2.